The Hall–Kier alpha value is -0.870. The minimum atomic E-state index is 0. The van der Waals surface area contributed by atoms with Gasteiger partial charge in [-0.25, -0.2) is 0 Å². The lowest BCUT2D eigenvalue weighted by molar-refractivity contribution is 0.197. The number of nitrogens with zero attached hydrogens (tertiary/aromatic N) is 5. The third kappa shape index (κ3) is 5.82. The van der Waals surface area contributed by atoms with E-state index in [1.165, 1.54) is 44.3 Å². The molecule has 26 heavy (non-hydrogen) atoms. The summed E-state index contributed by atoms with van der Waals surface area (Å²) in [5, 5.41) is 11.4. The molecule has 2 aliphatic rings. The first-order valence-electron chi connectivity index (χ1n) is 9.43. The van der Waals surface area contributed by atoms with Gasteiger partial charge in [-0.15, -0.1) is 24.0 Å². The van der Waals surface area contributed by atoms with E-state index in [2.05, 4.69) is 50.8 Å². The van der Waals surface area contributed by atoms with Crippen molar-refractivity contribution in [1.29, 1.82) is 0 Å². The van der Waals surface area contributed by atoms with E-state index in [-0.39, 0.29) is 30.0 Å². The molecule has 1 aromatic heterocycles. The standard InChI is InChI=1S/C18H33N7.HI/c1-19-18(22-15-7-9-25(10-8-15)16-5-6-16)20-12-17(23(2)3)14-11-21-24(4)13-14;/h11,13,15-17H,5-10,12H2,1-4H3,(H2,19,20,22);1H. The number of aliphatic imine (C=N–C) groups is 1. The summed E-state index contributed by atoms with van der Waals surface area (Å²) in [5.74, 6) is 0.903. The van der Waals surface area contributed by atoms with Crippen molar-refractivity contribution in [3.05, 3.63) is 18.0 Å². The zero-order valence-corrected chi connectivity index (χ0v) is 18.8. The maximum Gasteiger partial charge on any atom is 0.191 e. The minimum Gasteiger partial charge on any atom is -0.354 e. The van der Waals surface area contributed by atoms with E-state index in [0.717, 1.165) is 18.5 Å². The fourth-order valence-corrected chi connectivity index (χ4v) is 3.64. The van der Waals surface area contributed by atoms with Crippen LogP contribution in [-0.2, 0) is 7.05 Å². The SMILES string of the molecule is CN=C(NCC(c1cnn(C)c1)N(C)C)NC1CCN(C2CC2)CC1.I. The number of nitrogens with one attached hydrogen (secondary N) is 2. The van der Waals surface area contributed by atoms with Crippen molar-refractivity contribution in [1.82, 2.24) is 30.2 Å². The molecule has 148 valence electrons. The van der Waals surface area contributed by atoms with Gasteiger partial charge >= 0.3 is 0 Å². The Labute approximate surface area is 174 Å². The van der Waals surface area contributed by atoms with Gasteiger partial charge in [0.1, 0.15) is 0 Å². The Balaban J connectivity index is 0.00000243. The fourth-order valence-electron chi connectivity index (χ4n) is 3.64. The minimum absolute atomic E-state index is 0. The van der Waals surface area contributed by atoms with Gasteiger partial charge in [-0.3, -0.25) is 9.67 Å². The smallest absolute Gasteiger partial charge is 0.191 e. The van der Waals surface area contributed by atoms with E-state index in [1.54, 1.807) is 0 Å². The first kappa shape index (κ1) is 21.4. The zero-order valence-electron chi connectivity index (χ0n) is 16.5. The van der Waals surface area contributed by atoms with E-state index in [9.17, 15) is 0 Å². The first-order chi connectivity index (χ1) is 12.1. The van der Waals surface area contributed by atoms with E-state index in [4.69, 9.17) is 0 Å². The molecule has 0 spiro atoms. The molecular weight excluding hydrogens is 441 g/mol. The van der Waals surface area contributed by atoms with Crippen LogP contribution in [0.5, 0.6) is 0 Å². The molecule has 1 saturated heterocycles. The van der Waals surface area contributed by atoms with Crippen molar-refractivity contribution >= 4 is 29.9 Å². The Bertz CT molecular complexity index is 574. The van der Waals surface area contributed by atoms with Gasteiger partial charge in [0, 0.05) is 57.6 Å². The number of rotatable bonds is 6. The van der Waals surface area contributed by atoms with Crippen LogP contribution in [0.2, 0.25) is 0 Å². The zero-order chi connectivity index (χ0) is 17.8. The van der Waals surface area contributed by atoms with Crippen molar-refractivity contribution in [2.45, 2.75) is 43.8 Å². The van der Waals surface area contributed by atoms with E-state index in [1.807, 2.05) is 25.0 Å². The highest BCUT2D eigenvalue weighted by Gasteiger charge is 2.31. The largest absolute Gasteiger partial charge is 0.354 e. The third-order valence-electron chi connectivity index (χ3n) is 5.35. The van der Waals surface area contributed by atoms with Crippen LogP contribution in [0.1, 0.15) is 37.3 Å². The summed E-state index contributed by atoms with van der Waals surface area (Å²) in [6.07, 6.45) is 9.24. The molecule has 1 unspecified atom stereocenters. The molecule has 1 aromatic rings. The Morgan fingerprint density at radius 1 is 1.31 bits per heavy atom. The molecule has 2 heterocycles. The summed E-state index contributed by atoms with van der Waals surface area (Å²) < 4.78 is 1.85. The predicted molar refractivity (Wildman–Crippen MR) is 117 cm³/mol. The highest BCUT2D eigenvalue weighted by Crippen LogP contribution is 2.29. The molecule has 0 radical (unpaired) electrons. The average molecular weight is 475 g/mol. The van der Waals surface area contributed by atoms with Crippen molar-refractivity contribution in [2.75, 3.05) is 40.8 Å². The van der Waals surface area contributed by atoms with Gasteiger partial charge < -0.3 is 20.4 Å². The maximum atomic E-state index is 4.42. The third-order valence-corrected chi connectivity index (χ3v) is 5.35. The normalized spacial score (nSPS) is 20.7. The number of piperidine rings is 1. The van der Waals surface area contributed by atoms with E-state index < -0.39 is 0 Å². The van der Waals surface area contributed by atoms with Crippen LogP contribution in [0.25, 0.3) is 0 Å². The number of hydrogen-bond donors (Lipinski definition) is 2. The molecule has 0 aromatic carbocycles. The number of likely N-dealkylation sites (tertiary alicyclic amines) is 1. The molecule has 2 fully saturated rings. The lowest BCUT2D eigenvalue weighted by atomic mass is 10.1. The number of likely N-dealkylation sites (N-methyl/N-ethyl adjacent to an activating group) is 1. The topological polar surface area (TPSA) is 60.7 Å². The molecule has 8 heteroatoms. The molecule has 1 aliphatic heterocycles. The number of guanidine groups is 1. The molecule has 0 bridgehead atoms. The summed E-state index contributed by atoms with van der Waals surface area (Å²) in [5.41, 5.74) is 1.22. The van der Waals surface area contributed by atoms with Crippen LogP contribution in [-0.4, -0.2) is 78.4 Å². The summed E-state index contributed by atoms with van der Waals surface area (Å²) in [6.45, 7) is 3.24. The molecule has 2 N–H and O–H groups in total. The van der Waals surface area contributed by atoms with Gasteiger partial charge in [0.2, 0.25) is 0 Å². The Morgan fingerprint density at radius 3 is 2.50 bits per heavy atom. The van der Waals surface area contributed by atoms with Gasteiger partial charge in [0.15, 0.2) is 5.96 Å². The van der Waals surface area contributed by atoms with E-state index >= 15 is 0 Å². The van der Waals surface area contributed by atoms with Crippen LogP contribution in [0.4, 0.5) is 0 Å². The van der Waals surface area contributed by atoms with Gasteiger partial charge in [-0.05, 0) is 39.8 Å². The Kier molecular flexibility index (Phi) is 8.15. The fraction of sp³-hybridized carbons (Fsp3) is 0.778. The van der Waals surface area contributed by atoms with Gasteiger partial charge in [0.05, 0.1) is 12.2 Å². The van der Waals surface area contributed by atoms with Crippen molar-refractivity contribution in [3.63, 3.8) is 0 Å². The van der Waals surface area contributed by atoms with Crippen LogP contribution < -0.4 is 10.6 Å². The summed E-state index contributed by atoms with van der Waals surface area (Å²) >= 11 is 0. The molecule has 3 rings (SSSR count). The molecule has 7 nitrogen and oxygen atoms in total. The highest BCUT2D eigenvalue weighted by molar-refractivity contribution is 14.0. The molecular formula is C18H34IN7. The van der Waals surface area contributed by atoms with Crippen LogP contribution in [0.3, 0.4) is 0 Å². The van der Waals surface area contributed by atoms with Gasteiger partial charge in [-0.2, -0.15) is 5.10 Å². The lowest BCUT2D eigenvalue weighted by Gasteiger charge is -2.33. The molecule has 0 amide bonds. The van der Waals surface area contributed by atoms with Crippen molar-refractivity contribution < 1.29 is 0 Å². The number of aryl methyl sites for hydroxylation is 1. The van der Waals surface area contributed by atoms with E-state index in [0.29, 0.717) is 6.04 Å². The summed E-state index contributed by atoms with van der Waals surface area (Å²) in [4.78, 5) is 9.29. The second kappa shape index (κ2) is 9.89. The molecule has 1 aliphatic carbocycles. The van der Waals surface area contributed by atoms with Crippen LogP contribution in [0, 0.1) is 0 Å². The number of hydrogen-bond acceptors (Lipinski definition) is 4. The van der Waals surface area contributed by atoms with Crippen molar-refractivity contribution in [2.24, 2.45) is 12.0 Å². The summed E-state index contributed by atoms with van der Waals surface area (Å²) in [6, 6.07) is 1.68. The van der Waals surface area contributed by atoms with Crippen LogP contribution >= 0.6 is 24.0 Å². The number of halogens is 1. The predicted octanol–water partition coefficient (Wildman–Crippen LogP) is 1.43. The second-order valence-corrected chi connectivity index (χ2v) is 7.57. The van der Waals surface area contributed by atoms with Crippen molar-refractivity contribution in [3.8, 4) is 0 Å². The quantitative estimate of drug-likeness (QED) is 0.371. The summed E-state index contributed by atoms with van der Waals surface area (Å²) in [7, 11) is 8.01. The molecule has 1 saturated carbocycles. The molecule has 1 atom stereocenters. The first-order valence-corrected chi connectivity index (χ1v) is 9.43. The van der Waals surface area contributed by atoms with Gasteiger partial charge in [0.25, 0.3) is 0 Å². The Morgan fingerprint density at radius 2 is 2.00 bits per heavy atom. The number of aromatic nitrogens is 2. The average Bonchev–Trinajstić information content (AvgIpc) is 3.36. The monoisotopic (exact) mass is 475 g/mol. The maximum absolute atomic E-state index is 4.42. The lowest BCUT2D eigenvalue weighted by Crippen LogP contribution is -2.50. The van der Waals surface area contributed by atoms with Gasteiger partial charge in [-0.1, -0.05) is 0 Å². The van der Waals surface area contributed by atoms with Crippen LogP contribution in [0.15, 0.2) is 17.4 Å². The highest BCUT2D eigenvalue weighted by atomic mass is 127. The second-order valence-electron chi connectivity index (χ2n) is 7.57.